The van der Waals surface area contributed by atoms with E-state index in [0.717, 1.165) is 11.3 Å². The quantitative estimate of drug-likeness (QED) is 0.744. The lowest BCUT2D eigenvalue weighted by Gasteiger charge is -1.92. The Balaban J connectivity index is 2.74. The van der Waals surface area contributed by atoms with Crippen LogP contribution < -0.4 is 0 Å². The van der Waals surface area contributed by atoms with Gasteiger partial charge in [0.1, 0.15) is 4.88 Å². The number of esters is 1. The highest BCUT2D eigenvalue weighted by Gasteiger charge is 2.10. The minimum atomic E-state index is -0.904. The summed E-state index contributed by atoms with van der Waals surface area (Å²) in [4.78, 5) is 22.3. The van der Waals surface area contributed by atoms with Crippen molar-refractivity contribution in [2.24, 2.45) is 0 Å². The van der Waals surface area contributed by atoms with E-state index in [1.807, 2.05) is 0 Å². The van der Waals surface area contributed by atoms with Crippen LogP contribution in [0.1, 0.15) is 14.5 Å². The number of hydrogen-bond acceptors (Lipinski definition) is 4. The number of ether oxygens (including phenoxy) is 1. The van der Waals surface area contributed by atoms with Crippen LogP contribution in [0.3, 0.4) is 0 Å². The van der Waals surface area contributed by atoms with Gasteiger partial charge in [-0.1, -0.05) is 0 Å². The summed E-state index contributed by atoms with van der Waals surface area (Å²) in [6.45, 7) is 0. The van der Waals surface area contributed by atoms with Crippen molar-refractivity contribution >= 4 is 23.3 Å². The summed E-state index contributed by atoms with van der Waals surface area (Å²) >= 11 is 1.14. The number of thiophene rings is 1. The number of rotatable bonds is 3. The Hall–Kier alpha value is -1.36. The van der Waals surface area contributed by atoms with Crippen LogP contribution in [0.5, 0.6) is 0 Å². The molecule has 0 atom stereocenters. The van der Waals surface area contributed by atoms with Gasteiger partial charge in [-0.3, -0.25) is 4.79 Å². The molecule has 0 amide bonds. The van der Waals surface area contributed by atoms with Crippen molar-refractivity contribution in [3.8, 4) is 0 Å². The molecule has 70 valence electrons. The van der Waals surface area contributed by atoms with E-state index < -0.39 is 11.9 Å². The fraction of sp³-hybridized carbons (Fsp3) is 0.250. The number of methoxy groups -OCH3 is 1. The summed E-state index contributed by atoms with van der Waals surface area (Å²) in [5.41, 5.74) is 0. The summed E-state index contributed by atoms with van der Waals surface area (Å²) in [6.07, 6.45) is -0.0539. The predicted octanol–water partition coefficient (Wildman–Crippen LogP) is 1.16. The number of carbonyl (C=O) groups excluding carboxylic acids is 1. The smallest absolute Gasteiger partial charge is 0.348 e. The second-order valence-electron chi connectivity index (χ2n) is 2.33. The van der Waals surface area contributed by atoms with E-state index in [1.165, 1.54) is 7.11 Å². The van der Waals surface area contributed by atoms with Crippen molar-refractivity contribution in [1.82, 2.24) is 0 Å². The van der Waals surface area contributed by atoms with E-state index in [9.17, 15) is 9.59 Å². The van der Waals surface area contributed by atoms with Gasteiger partial charge >= 0.3 is 11.9 Å². The molecule has 0 spiro atoms. The monoisotopic (exact) mass is 200 g/mol. The van der Waals surface area contributed by atoms with Gasteiger partial charge in [0.2, 0.25) is 0 Å². The second-order valence-corrected chi connectivity index (χ2v) is 3.50. The van der Waals surface area contributed by atoms with Crippen LogP contribution in [0.25, 0.3) is 0 Å². The highest BCUT2D eigenvalue weighted by atomic mass is 32.1. The highest BCUT2D eigenvalue weighted by molar-refractivity contribution is 7.14. The molecule has 1 aromatic rings. The van der Waals surface area contributed by atoms with E-state index in [1.54, 1.807) is 12.1 Å². The van der Waals surface area contributed by atoms with Gasteiger partial charge in [0.15, 0.2) is 0 Å². The van der Waals surface area contributed by atoms with Crippen LogP contribution >= 0.6 is 11.3 Å². The minimum absolute atomic E-state index is 0.0539. The number of aliphatic carboxylic acids is 1. The lowest BCUT2D eigenvalue weighted by molar-refractivity contribution is -0.136. The Kier molecular flexibility index (Phi) is 3.02. The maximum atomic E-state index is 11.0. The first kappa shape index (κ1) is 9.73. The Morgan fingerprint density at radius 3 is 2.77 bits per heavy atom. The molecule has 0 saturated heterocycles. The van der Waals surface area contributed by atoms with Crippen LogP contribution in [-0.4, -0.2) is 24.2 Å². The number of hydrogen-bond donors (Lipinski definition) is 1. The third-order valence-corrected chi connectivity index (χ3v) is 2.44. The van der Waals surface area contributed by atoms with E-state index in [2.05, 4.69) is 4.74 Å². The van der Waals surface area contributed by atoms with Gasteiger partial charge in [-0.05, 0) is 12.1 Å². The molecule has 1 aromatic heterocycles. The molecule has 0 unspecified atom stereocenters. The molecular formula is C8H8O4S. The van der Waals surface area contributed by atoms with Crippen molar-refractivity contribution in [3.63, 3.8) is 0 Å². The Morgan fingerprint density at radius 2 is 2.23 bits per heavy atom. The molecule has 1 N–H and O–H groups in total. The molecule has 1 rings (SSSR count). The zero-order chi connectivity index (χ0) is 9.84. The second kappa shape index (κ2) is 4.04. The topological polar surface area (TPSA) is 63.6 Å². The average Bonchev–Trinajstić information content (AvgIpc) is 2.50. The molecule has 0 aliphatic rings. The fourth-order valence-corrected chi connectivity index (χ4v) is 1.75. The van der Waals surface area contributed by atoms with Gasteiger partial charge in [0, 0.05) is 4.88 Å². The molecule has 0 radical (unpaired) electrons. The molecule has 4 nitrogen and oxygen atoms in total. The van der Waals surface area contributed by atoms with Crippen molar-refractivity contribution in [2.75, 3.05) is 7.11 Å². The first-order valence-corrected chi connectivity index (χ1v) is 4.34. The first-order valence-electron chi connectivity index (χ1n) is 3.52. The van der Waals surface area contributed by atoms with E-state index >= 15 is 0 Å². The number of carbonyl (C=O) groups is 2. The average molecular weight is 200 g/mol. The van der Waals surface area contributed by atoms with Gasteiger partial charge in [0.05, 0.1) is 13.5 Å². The summed E-state index contributed by atoms with van der Waals surface area (Å²) in [5.74, 6) is -1.33. The van der Waals surface area contributed by atoms with Gasteiger partial charge in [-0.25, -0.2) is 4.79 Å². The molecule has 5 heteroatoms. The molecule has 0 bridgehead atoms. The summed E-state index contributed by atoms with van der Waals surface area (Å²) in [5, 5.41) is 8.46. The number of carboxylic acids is 1. The number of carboxylic acid groups (broad SMARTS) is 1. The van der Waals surface area contributed by atoms with Crippen molar-refractivity contribution in [3.05, 3.63) is 21.9 Å². The summed E-state index contributed by atoms with van der Waals surface area (Å²) < 4.78 is 4.48. The van der Waals surface area contributed by atoms with E-state index in [0.29, 0.717) is 9.75 Å². The third kappa shape index (κ3) is 2.55. The maximum absolute atomic E-state index is 11.0. The molecule has 0 saturated carbocycles. The molecule has 13 heavy (non-hydrogen) atoms. The van der Waals surface area contributed by atoms with Gasteiger partial charge in [0.25, 0.3) is 0 Å². The molecule has 0 aliphatic carbocycles. The Labute approximate surface area is 78.8 Å². The van der Waals surface area contributed by atoms with Crippen LogP contribution in [-0.2, 0) is 16.0 Å². The van der Waals surface area contributed by atoms with Crippen molar-refractivity contribution in [2.45, 2.75) is 6.42 Å². The zero-order valence-electron chi connectivity index (χ0n) is 6.94. The van der Waals surface area contributed by atoms with Crippen LogP contribution in [0.15, 0.2) is 12.1 Å². The Bertz CT molecular complexity index is 329. The largest absolute Gasteiger partial charge is 0.481 e. The van der Waals surface area contributed by atoms with Gasteiger partial charge in [-0.2, -0.15) is 0 Å². The van der Waals surface area contributed by atoms with Gasteiger partial charge in [-0.15, -0.1) is 11.3 Å². The molecule has 0 aliphatic heterocycles. The lowest BCUT2D eigenvalue weighted by atomic mass is 10.3. The Morgan fingerprint density at radius 1 is 1.54 bits per heavy atom. The normalized spacial score (nSPS) is 9.62. The summed E-state index contributed by atoms with van der Waals surface area (Å²) in [6, 6.07) is 3.18. The van der Waals surface area contributed by atoms with Crippen molar-refractivity contribution < 1.29 is 19.4 Å². The first-order chi connectivity index (χ1) is 6.13. The SMILES string of the molecule is COC(=O)c1ccc(CC(=O)O)s1. The van der Waals surface area contributed by atoms with E-state index in [4.69, 9.17) is 5.11 Å². The zero-order valence-corrected chi connectivity index (χ0v) is 7.76. The molecule has 0 fully saturated rings. The van der Waals surface area contributed by atoms with E-state index in [-0.39, 0.29) is 6.42 Å². The van der Waals surface area contributed by atoms with Crippen molar-refractivity contribution in [1.29, 1.82) is 0 Å². The molecule has 0 aromatic carbocycles. The lowest BCUT2D eigenvalue weighted by Crippen LogP contribution is -1.98. The molecule has 1 heterocycles. The highest BCUT2D eigenvalue weighted by Crippen LogP contribution is 2.17. The minimum Gasteiger partial charge on any atom is -0.481 e. The summed E-state index contributed by atoms with van der Waals surface area (Å²) in [7, 11) is 1.29. The predicted molar refractivity (Wildman–Crippen MR) is 47.0 cm³/mol. The maximum Gasteiger partial charge on any atom is 0.348 e. The molecular weight excluding hydrogens is 192 g/mol. The van der Waals surface area contributed by atoms with Crippen LogP contribution in [0.2, 0.25) is 0 Å². The van der Waals surface area contributed by atoms with Crippen LogP contribution in [0, 0.1) is 0 Å². The van der Waals surface area contributed by atoms with Crippen LogP contribution in [0.4, 0.5) is 0 Å². The third-order valence-electron chi connectivity index (χ3n) is 1.37. The fourth-order valence-electron chi connectivity index (χ4n) is 0.832. The van der Waals surface area contributed by atoms with Gasteiger partial charge < -0.3 is 9.84 Å². The standard InChI is InChI=1S/C8H8O4S/c1-12-8(11)6-3-2-5(13-6)4-7(9)10/h2-3H,4H2,1H3,(H,9,10).